The van der Waals surface area contributed by atoms with Gasteiger partial charge >= 0.3 is 5.76 Å². The molecule has 0 radical (unpaired) electrons. The van der Waals surface area contributed by atoms with Gasteiger partial charge in [-0.05, 0) is 94.3 Å². The lowest BCUT2D eigenvalue weighted by Gasteiger charge is -2.42. The quantitative estimate of drug-likeness (QED) is 0.177. The average molecular weight is 799 g/mol. The molecule has 16 heteroatoms. The molecule has 1 unspecified atom stereocenters. The standard InChI is InChI=1S/C43H46N10O6/c1-43(2,58)32-22-33-28(21-34(32)46-41(56)37-11-10-31-20-26(23-44)24-45-53(31)37)25-51(48-33)30-8-6-29(7-9-30)50-18-16-49(17-19-50)15-14-27-4-3-5-35-39(27)59-42(57)52(35)36-12-13-38(54)47-40(36)55/h3-5,10-11,20-22,24-25,29-30,36,58H,6-9,12-19H2,1-2H3,(H,46,56)(H,47,54,55). The summed E-state index contributed by atoms with van der Waals surface area (Å²) in [6.07, 6.45) is 8.74. The van der Waals surface area contributed by atoms with Crippen LogP contribution in [-0.2, 0) is 21.6 Å². The largest absolute Gasteiger partial charge is 0.420 e. The molecular weight excluding hydrogens is 753 g/mol. The third-order valence-electron chi connectivity index (χ3n) is 12.3. The molecule has 1 aliphatic carbocycles. The summed E-state index contributed by atoms with van der Waals surface area (Å²) in [4.78, 5) is 55.7. The summed E-state index contributed by atoms with van der Waals surface area (Å²) in [6, 6.07) is 16.5. The Morgan fingerprint density at radius 2 is 1.80 bits per heavy atom. The maximum absolute atomic E-state index is 13.5. The van der Waals surface area contributed by atoms with Gasteiger partial charge in [0.15, 0.2) is 5.58 Å². The number of aliphatic hydroxyl groups is 1. The molecule has 3 N–H and O–H groups in total. The minimum Gasteiger partial charge on any atom is -0.407 e. The SMILES string of the molecule is CC(C)(O)c1cc2nn(C3CCC(N4CCN(CCc5cccc6c5oc(=O)n6C5CCC(=O)NC5=O)CC4)CC3)cc2cc1NC(=O)c1ccc2cc(C#N)cnn12. The van der Waals surface area contributed by atoms with E-state index >= 15 is 0 Å². The Morgan fingerprint density at radius 1 is 1.02 bits per heavy atom. The molecule has 0 spiro atoms. The number of nitrogens with one attached hydrogen (secondary N) is 2. The van der Waals surface area contributed by atoms with Gasteiger partial charge in [-0.25, -0.2) is 9.31 Å². The van der Waals surface area contributed by atoms with Gasteiger partial charge in [-0.1, -0.05) is 12.1 Å². The van der Waals surface area contributed by atoms with E-state index < -0.39 is 23.3 Å². The van der Waals surface area contributed by atoms with Crippen molar-refractivity contribution in [2.24, 2.45) is 0 Å². The van der Waals surface area contributed by atoms with Crippen molar-refractivity contribution in [1.29, 1.82) is 5.26 Å². The number of carbonyl (C=O) groups is 3. The van der Waals surface area contributed by atoms with Crippen molar-refractivity contribution in [3.8, 4) is 6.07 Å². The highest BCUT2D eigenvalue weighted by atomic mass is 16.4. The minimum absolute atomic E-state index is 0.182. The predicted molar refractivity (Wildman–Crippen MR) is 218 cm³/mol. The van der Waals surface area contributed by atoms with Crippen molar-refractivity contribution in [2.75, 3.05) is 38.0 Å². The van der Waals surface area contributed by atoms with Crippen LogP contribution < -0.4 is 16.4 Å². The van der Waals surface area contributed by atoms with Crippen molar-refractivity contribution in [2.45, 2.75) is 82.5 Å². The number of oxazole rings is 1. The van der Waals surface area contributed by atoms with E-state index in [4.69, 9.17) is 9.52 Å². The number of imide groups is 1. The van der Waals surface area contributed by atoms with Crippen molar-refractivity contribution in [3.05, 3.63) is 93.9 Å². The maximum atomic E-state index is 13.5. The number of hydrogen-bond acceptors (Lipinski definition) is 11. The van der Waals surface area contributed by atoms with Gasteiger partial charge in [-0.15, -0.1) is 0 Å². The van der Waals surface area contributed by atoms with E-state index in [-0.39, 0.29) is 30.7 Å². The Balaban J connectivity index is 0.807. The molecule has 16 nitrogen and oxygen atoms in total. The van der Waals surface area contributed by atoms with Crippen LogP contribution in [0.3, 0.4) is 0 Å². The summed E-state index contributed by atoms with van der Waals surface area (Å²) in [5.41, 5.74) is 3.91. The Morgan fingerprint density at radius 3 is 2.54 bits per heavy atom. The number of nitriles is 1. The molecule has 1 saturated carbocycles. The molecule has 3 aliphatic rings. The number of benzene rings is 2. The highest BCUT2D eigenvalue weighted by Crippen LogP contribution is 2.36. The number of anilines is 1. The molecule has 3 amide bonds. The third kappa shape index (κ3) is 7.41. The van der Waals surface area contributed by atoms with Crippen LogP contribution >= 0.6 is 0 Å². The number of hydrogen-bond donors (Lipinski definition) is 3. The fourth-order valence-corrected chi connectivity index (χ4v) is 9.16. The average Bonchev–Trinajstić information content (AvgIpc) is 3.94. The highest BCUT2D eigenvalue weighted by Gasteiger charge is 2.33. The molecule has 0 bridgehead atoms. The number of amides is 3. The Kier molecular flexibility index (Phi) is 9.90. The van der Waals surface area contributed by atoms with Crippen LogP contribution in [0.5, 0.6) is 0 Å². The van der Waals surface area contributed by atoms with Crippen LogP contribution in [0, 0.1) is 11.3 Å². The molecule has 59 heavy (non-hydrogen) atoms. The Labute approximate surface area is 339 Å². The topological polar surface area (TPSA) is 196 Å². The van der Waals surface area contributed by atoms with E-state index in [1.165, 1.54) is 15.3 Å². The Bertz CT molecular complexity index is 2710. The monoisotopic (exact) mass is 798 g/mol. The number of piperidine rings is 1. The van der Waals surface area contributed by atoms with Crippen molar-refractivity contribution >= 4 is 50.9 Å². The number of aromatic nitrogens is 5. The Hall–Kier alpha value is -6.15. The molecule has 4 aromatic heterocycles. The number of rotatable bonds is 9. The first kappa shape index (κ1) is 38.4. The first-order valence-electron chi connectivity index (χ1n) is 20.3. The van der Waals surface area contributed by atoms with Crippen molar-refractivity contribution in [1.82, 2.24) is 39.1 Å². The van der Waals surface area contributed by atoms with Crippen molar-refractivity contribution in [3.63, 3.8) is 0 Å². The smallest absolute Gasteiger partial charge is 0.407 e. The lowest BCUT2D eigenvalue weighted by atomic mass is 9.90. The predicted octanol–water partition coefficient (Wildman–Crippen LogP) is 4.26. The van der Waals surface area contributed by atoms with Gasteiger partial charge in [0, 0.05) is 68.0 Å². The van der Waals surface area contributed by atoms with Gasteiger partial charge in [0.1, 0.15) is 17.8 Å². The zero-order chi connectivity index (χ0) is 41.0. The van der Waals surface area contributed by atoms with Gasteiger partial charge in [-0.2, -0.15) is 15.5 Å². The third-order valence-corrected chi connectivity index (χ3v) is 12.3. The molecule has 9 rings (SSSR count). The zero-order valence-corrected chi connectivity index (χ0v) is 33.1. The summed E-state index contributed by atoms with van der Waals surface area (Å²) in [6.45, 7) is 8.06. The fraction of sp³-hybridized carbons (Fsp3) is 0.419. The minimum atomic E-state index is -1.25. The molecule has 6 aromatic rings. The summed E-state index contributed by atoms with van der Waals surface area (Å²) < 4.78 is 10.6. The van der Waals surface area contributed by atoms with Crippen LogP contribution in [0.2, 0.25) is 0 Å². The second kappa shape index (κ2) is 15.2. The second-order valence-electron chi connectivity index (χ2n) is 16.6. The molecule has 1 atom stereocenters. The second-order valence-corrected chi connectivity index (χ2v) is 16.6. The number of carbonyl (C=O) groups excluding carboxylic acids is 3. The van der Waals surface area contributed by atoms with E-state index in [2.05, 4.69) is 36.3 Å². The van der Waals surface area contributed by atoms with Gasteiger partial charge in [-0.3, -0.25) is 33.8 Å². The van der Waals surface area contributed by atoms with Gasteiger partial charge in [0.2, 0.25) is 11.8 Å². The van der Waals surface area contributed by atoms with Gasteiger partial charge < -0.3 is 19.7 Å². The summed E-state index contributed by atoms with van der Waals surface area (Å²) in [7, 11) is 0. The lowest BCUT2D eigenvalue weighted by molar-refractivity contribution is -0.135. The molecule has 6 heterocycles. The van der Waals surface area contributed by atoms with Crippen LogP contribution in [0.1, 0.15) is 91.6 Å². The first-order valence-corrected chi connectivity index (χ1v) is 20.3. The van der Waals surface area contributed by atoms with Gasteiger partial charge in [0.05, 0.1) is 40.0 Å². The lowest BCUT2D eigenvalue weighted by Crippen LogP contribution is -2.51. The van der Waals surface area contributed by atoms with Crippen LogP contribution in [0.15, 0.2) is 70.1 Å². The van der Waals surface area contributed by atoms with E-state index in [1.54, 1.807) is 38.1 Å². The molecule has 2 aliphatic heterocycles. The van der Waals surface area contributed by atoms with E-state index in [0.29, 0.717) is 51.6 Å². The van der Waals surface area contributed by atoms with Crippen LogP contribution in [-0.4, -0.2) is 95.4 Å². The van der Waals surface area contributed by atoms with Gasteiger partial charge in [0.25, 0.3) is 5.91 Å². The molecular formula is C43H46N10O6. The van der Waals surface area contributed by atoms with E-state index in [9.17, 15) is 29.5 Å². The number of fused-ring (bicyclic) bond motifs is 3. The van der Waals surface area contributed by atoms with Crippen molar-refractivity contribution < 1.29 is 23.9 Å². The van der Waals surface area contributed by atoms with E-state index in [0.717, 1.165) is 74.9 Å². The normalized spacial score (nSPS) is 20.9. The number of piperazine rings is 1. The van der Waals surface area contributed by atoms with Crippen LogP contribution in [0.25, 0.3) is 27.5 Å². The zero-order valence-electron chi connectivity index (χ0n) is 33.1. The molecule has 304 valence electrons. The number of nitrogens with zero attached hydrogens (tertiary/aromatic N) is 8. The fourth-order valence-electron chi connectivity index (χ4n) is 9.16. The summed E-state index contributed by atoms with van der Waals surface area (Å²) in [5, 5.41) is 35.8. The molecule has 3 fully saturated rings. The highest BCUT2D eigenvalue weighted by molar-refractivity contribution is 6.05. The van der Waals surface area contributed by atoms with E-state index in [1.807, 2.05) is 30.5 Å². The maximum Gasteiger partial charge on any atom is 0.420 e. The summed E-state index contributed by atoms with van der Waals surface area (Å²) >= 11 is 0. The molecule has 2 saturated heterocycles. The number of para-hydroxylation sites is 1. The molecule has 2 aromatic carbocycles. The summed E-state index contributed by atoms with van der Waals surface area (Å²) in [5.74, 6) is -1.77. The first-order chi connectivity index (χ1) is 28.4. The van der Waals surface area contributed by atoms with Crippen LogP contribution in [0.4, 0.5) is 5.69 Å².